The summed E-state index contributed by atoms with van der Waals surface area (Å²) in [4.78, 5) is 12.1. The number of ether oxygens (including phenoxy) is 1. The molecule has 0 saturated heterocycles. The van der Waals surface area contributed by atoms with Crippen molar-refractivity contribution >= 4 is 39.3 Å². The highest BCUT2D eigenvalue weighted by Gasteiger charge is 2.12. The van der Waals surface area contributed by atoms with E-state index < -0.39 is 0 Å². The second-order valence-corrected chi connectivity index (χ2v) is 6.16. The number of aryl methyl sites for hydroxylation is 1. The Morgan fingerprint density at radius 2 is 2.25 bits per heavy atom. The number of halogens is 2. The molecule has 0 aliphatic heterocycles. The van der Waals surface area contributed by atoms with Crippen LogP contribution in [0.5, 0.6) is 5.75 Å². The van der Waals surface area contributed by atoms with Crippen molar-refractivity contribution in [1.29, 1.82) is 0 Å². The smallest absolute Gasteiger partial charge is 0.277 e. The van der Waals surface area contributed by atoms with E-state index in [0.717, 1.165) is 4.47 Å². The minimum absolute atomic E-state index is 0.149. The van der Waals surface area contributed by atoms with E-state index in [2.05, 4.69) is 31.5 Å². The molecule has 0 spiro atoms. The predicted molar refractivity (Wildman–Crippen MR) is 91.2 cm³/mol. The van der Waals surface area contributed by atoms with Crippen LogP contribution in [-0.2, 0) is 6.73 Å². The molecule has 3 rings (SSSR count). The van der Waals surface area contributed by atoms with E-state index in [-0.39, 0.29) is 18.3 Å². The van der Waals surface area contributed by atoms with Crippen LogP contribution in [0.25, 0.3) is 0 Å². The Kier molecular flexibility index (Phi) is 4.86. The number of carbonyl (C=O) groups is 1. The number of hydrogen-bond acceptors (Lipinski definition) is 5. The van der Waals surface area contributed by atoms with Crippen molar-refractivity contribution in [2.24, 2.45) is 0 Å². The number of hydrogen-bond donors (Lipinski definition) is 1. The second kappa shape index (κ2) is 7.06. The SMILES string of the molecule is Cc1cc(NC(=O)c2ccn(COc3ccc(Cl)cc3Br)n2)no1. The van der Waals surface area contributed by atoms with Gasteiger partial charge in [-0.2, -0.15) is 5.10 Å². The molecule has 124 valence electrons. The number of amides is 1. The average molecular weight is 412 g/mol. The fraction of sp³-hybridized carbons (Fsp3) is 0.133. The number of aromatic nitrogens is 3. The third-order valence-corrected chi connectivity index (χ3v) is 3.84. The van der Waals surface area contributed by atoms with Gasteiger partial charge in [0.15, 0.2) is 18.2 Å². The lowest BCUT2D eigenvalue weighted by Gasteiger charge is -2.08. The first-order chi connectivity index (χ1) is 11.5. The van der Waals surface area contributed by atoms with Gasteiger partial charge in [0.05, 0.1) is 4.47 Å². The molecular weight excluding hydrogens is 400 g/mol. The molecule has 1 amide bonds. The maximum absolute atomic E-state index is 12.1. The van der Waals surface area contributed by atoms with Crippen molar-refractivity contribution in [2.75, 3.05) is 5.32 Å². The first-order valence-corrected chi connectivity index (χ1v) is 8.04. The van der Waals surface area contributed by atoms with Gasteiger partial charge in [-0.25, -0.2) is 4.68 Å². The first-order valence-electron chi connectivity index (χ1n) is 6.87. The standard InChI is InChI=1S/C15H12BrClN4O3/c1-9-6-14(20-24-9)18-15(22)12-4-5-21(19-12)8-23-13-3-2-10(17)7-11(13)16/h2-7H,8H2,1H3,(H,18,20,22). The summed E-state index contributed by atoms with van der Waals surface area (Å²) in [7, 11) is 0. The van der Waals surface area contributed by atoms with Crippen LogP contribution in [0.1, 0.15) is 16.2 Å². The van der Waals surface area contributed by atoms with E-state index >= 15 is 0 Å². The molecule has 0 bridgehead atoms. The van der Waals surface area contributed by atoms with Crippen LogP contribution in [0, 0.1) is 6.92 Å². The van der Waals surface area contributed by atoms with Crippen molar-refractivity contribution in [3.05, 3.63) is 57.5 Å². The van der Waals surface area contributed by atoms with Crippen LogP contribution in [-0.4, -0.2) is 20.8 Å². The van der Waals surface area contributed by atoms with E-state index in [4.69, 9.17) is 20.9 Å². The highest BCUT2D eigenvalue weighted by molar-refractivity contribution is 9.10. The third kappa shape index (κ3) is 3.95. The fourth-order valence-corrected chi connectivity index (χ4v) is 2.69. The molecule has 0 fully saturated rings. The van der Waals surface area contributed by atoms with Crippen molar-refractivity contribution in [1.82, 2.24) is 14.9 Å². The molecule has 0 radical (unpaired) electrons. The molecule has 24 heavy (non-hydrogen) atoms. The number of benzene rings is 1. The van der Waals surface area contributed by atoms with E-state index in [9.17, 15) is 4.79 Å². The molecule has 7 nitrogen and oxygen atoms in total. The Balaban J connectivity index is 1.61. The Labute approximate surface area is 150 Å². The lowest BCUT2D eigenvalue weighted by molar-refractivity contribution is 0.101. The summed E-state index contributed by atoms with van der Waals surface area (Å²) >= 11 is 9.25. The molecule has 3 aromatic rings. The van der Waals surface area contributed by atoms with Gasteiger partial charge in [-0.05, 0) is 47.1 Å². The van der Waals surface area contributed by atoms with Crippen LogP contribution in [0.3, 0.4) is 0 Å². The van der Waals surface area contributed by atoms with Crippen LogP contribution in [0.2, 0.25) is 5.02 Å². The van der Waals surface area contributed by atoms with E-state index in [0.29, 0.717) is 22.4 Å². The van der Waals surface area contributed by atoms with Gasteiger partial charge in [-0.15, -0.1) is 0 Å². The molecule has 1 N–H and O–H groups in total. The van der Waals surface area contributed by atoms with Gasteiger partial charge in [0.25, 0.3) is 5.91 Å². The summed E-state index contributed by atoms with van der Waals surface area (Å²) in [6.45, 7) is 1.89. The van der Waals surface area contributed by atoms with Gasteiger partial charge in [0, 0.05) is 17.3 Å². The molecule has 9 heteroatoms. The quantitative estimate of drug-likeness (QED) is 0.689. The molecule has 2 aromatic heterocycles. The van der Waals surface area contributed by atoms with Gasteiger partial charge in [-0.1, -0.05) is 16.8 Å². The summed E-state index contributed by atoms with van der Waals surface area (Å²) in [5, 5.41) is 11.1. The van der Waals surface area contributed by atoms with Gasteiger partial charge >= 0.3 is 0 Å². The maximum atomic E-state index is 12.1. The minimum atomic E-state index is -0.380. The zero-order valence-electron chi connectivity index (χ0n) is 12.5. The summed E-state index contributed by atoms with van der Waals surface area (Å²) in [5.74, 6) is 1.19. The summed E-state index contributed by atoms with van der Waals surface area (Å²) < 4.78 is 12.8. The zero-order valence-corrected chi connectivity index (χ0v) is 14.8. The maximum Gasteiger partial charge on any atom is 0.277 e. The van der Waals surface area contributed by atoms with E-state index in [1.165, 1.54) is 4.68 Å². The Bertz CT molecular complexity index is 877. The van der Waals surface area contributed by atoms with Gasteiger partial charge < -0.3 is 14.6 Å². The van der Waals surface area contributed by atoms with Crippen molar-refractivity contribution in [2.45, 2.75) is 13.7 Å². The molecule has 2 heterocycles. The lowest BCUT2D eigenvalue weighted by atomic mass is 10.3. The molecule has 0 atom stereocenters. The number of nitrogens with zero attached hydrogens (tertiary/aromatic N) is 3. The molecular formula is C15H12BrClN4O3. The average Bonchev–Trinajstić information content (AvgIpc) is 3.15. The number of anilines is 1. The monoisotopic (exact) mass is 410 g/mol. The normalized spacial score (nSPS) is 10.6. The largest absolute Gasteiger partial charge is 0.470 e. The Morgan fingerprint density at radius 3 is 2.96 bits per heavy atom. The van der Waals surface area contributed by atoms with Gasteiger partial charge in [-0.3, -0.25) is 4.79 Å². The Morgan fingerprint density at radius 1 is 1.42 bits per heavy atom. The van der Waals surface area contributed by atoms with Crippen LogP contribution in [0.15, 0.2) is 45.5 Å². The first kappa shape index (κ1) is 16.5. The van der Waals surface area contributed by atoms with E-state index in [1.807, 2.05) is 0 Å². The molecule has 0 saturated carbocycles. The molecule has 0 aliphatic carbocycles. The van der Waals surface area contributed by atoms with Crippen molar-refractivity contribution < 1.29 is 14.1 Å². The summed E-state index contributed by atoms with van der Waals surface area (Å²) in [5.41, 5.74) is 0.245. The topological polar surface area (TPSA) is 82.2 Å². The number of carbonyl (C=O) groups excluding carboxylic acids is 1. The van der Waals surface area contributed by atoms with Gasteiger partial charge in [0.1, 0.15) is 11.5 Å². The fourth-order valence-electron chi connectivity index (χ4n) is 1.89. The zero-order chi connectivity index (χ0) is 17.1. The van der Waals surface area contributed by atoms with E-state index in [1.54, 1.807) is 43.5 Å². The summed E-state index contributed by atoms with van der Waals surface area (Å²) in [6.07, 6.45) is 1.65. The molecule has 1 aromatic carbocycles. The number of nitrogens with one attached hydrogen (secondary N) is 1. The highest BCUT2D eigenvalue weighted by atomic mass is 79.9. The van der Waals surface area contributed by atoms with Crippen molar-refractivity contribution in [3.8, 4) is 5.75 Å². The highest BCUT2D eigenvalue weighted by Crippen LogP contribution is 2.28. The molecule has 0 aliphatic rings. The van der Waals surface area contributed by atoms with Crippen molar-refractivity contribution in [3.63, 3.8) is 0 Å². The van der Waals surface area contributed by atoms with Crippen LogP contribution in [0.4, 0.5) is 5.82 Å². The third-order valence-electron chi connectivity index (χ3n) is 2.99. The van der Waals surface area contributed by atoms with Gasteiger partial charge in [0.2, 0.25) is 0 Å². The number of rotatable bonds is 5. The minimum Gasteiger partial charge on any atom is -0.470 e. The van der Waals surface area contributed by atoms with Crippen LogP contribution < -0.4 is 10.1 Å². The predicted octanol–water partition coefficient (Wildman–Crippen LogP) is 3.88. The van der Waals surface area contributed by atoms with Crippen LogP contribution >= 0.6 is 27.5 Å². The Hall–Kier alpha value is -2.32. The lowest BCUT2D eigenvalue weighted by Crippen LogP contribution is -2.14. The summed E-state index contributed by atoms with van der Waals surface area (Å²) in [6, 6.07) is 8.41. The molecule has 0 unspecified atom stereocenters. The second-order valence-electron chi connectivity index (χ2n) is 4.87.